The van der Waals surface area contributed by atoms with Gasteiger partial charge < -0.3 is 0 Å². The molecule has 1 aromatic heterocycles. The third-order valence-electron chi connectivity index (χ3n) is 5.97. The number of alkyl halides is 6. The van der Waals surface area contributed by atoms with Gasteiger partial charge in [0, 0.05) is 12.4 Å². The van der Waals surface area contributed by atoms with Gasteiger partial charge in [0.2, 0.25) is 0 Å². The van der Waals surface area contributed by atoms with E-state index in [2.05, 4.69) is 4.98 Å². The molecule has 0 spiro atoms. The molecule has 7 heteroatoms. The molecule has 0 atom stereocenters. The van der Waals surface area contributed by atoms with Gasteiger partial charge in [-0.05, 0) is 80.6 Å². The van der Waals surface area contributed by atoms with E-state index in [1.54, 1.807) is 24.5 Å². The Hall–Kier alpha value is -4.13. The summed E-state index contributed by atoms with van der Waals surface area (Å²) in [4.78, 5) is 4.12. The summed E-state index contributed by atoms with van der Waals surface area (Å²) >= 11 is 0. The lowest BCUT2D eigenvalue weighted by Crippen LogP contribution is -2.11. The van der Waals surface area contributed by atoms with Gasteiger partial charge in [-0.25, -0.2) is 0 Å². The molecule has 0 aliphatic rings. The molecular weight excluding hydrogens is 476 g/mol. The molecule has 0 amide bonds. The van der Waals surface area contributed by atoms with Crippen LogP contribution in [0.15, 0.2) is 103 Å². The highest BCUT2D eigenvalue weighted by Crippen LogP contribution is 2.39. The van der Waals surface area contributed by atoms with Crippen molar-refractivity contribution in [3.8, 4) is 33.4 Å². The van der Waals surface area contributed by atoms with E-state index < -0.39 is 23.5 Å². The van der Waals surface area contributed by atoms with E-state index >= 15 is 0 Å². The van der Waals surface area contributed by atoms with E-state index in [4.69, 9.17) is 0 Å². The fourth-order valence-corrected chi connectivity index (χ4v) is 4.12. The van der Waals surface area contributed by atoms with Crippen LogP contribution < -0.4 is 0 Å². The molecule has 1 heterocycles. The lowest BCUT2D eigenvalue weighted by molar-refractivity contribution is -0.143. The van der Waals surface area contributed by atoms with Crippen LogP contribution in [0.2, 0.25) is 0 Å². The monoisotopic (exact) mass is 493 g/mol. The molecule has 5 rings (SSSR count). The zero-order valence-corrected chi connectivity index (χ0v) is 18.5. The standard InChI is InChI=1S/C29H17F6N/c30-28(31,32)26-14-25(15-27(16-26)29(33,34)35)22-10-8-20-7-9-21(12-24(20)13-22)18-3-5-19(6-4-18)23-2-1-11-36-17-23/h1-17H. The second-order valence-electron chi connectivity index (χ2n) is 8.39. The maximum Gasteiger partial charge on any atom is 0.416 e. The molecule has 180 valence electrons. The van der Waals surface area contributed by atoms with E-state index in [1.807, 2.05) is 54.6 Å². The average molecular weight is 493 g/mol. The molecule has 0 bridgehead atoms. The van der Waals surface area contributed by atoms with Gasteiger partial charge in [-0.3, -0.25) is 4.98 Å². The Morgan fingerprint density at radius 1 is 0.444 bits per heavy atom. The van der Waals surface area contributed by atoms with Crippen molar-refractivity contribution in [2.45, 2.75) is 12.4 Å². The van der Waals surface area contributed by atoms with Gasteiger partial charge in [-0.2, -0.15) is 26.3 Å². The van der Waals surface area contributed by atoms with E-state index in [-0.39, 0.29) is 17.2 Å². The first kappa shape index (κ1) is 23.6. The highest BCUT2D eigenvalue weighted by molar-refractivity contribution is 5.91. The largest absolute Gasteiger partial charge is 0.416 e. The van der Waals surface area contributed by atoms with Gasteiger partial charge in [0.1, 0.15) is 0 Å². The number of hydrogen-bond donors (Lipinski definition) is 0. The summed E-state index contributed by atoms with van der Waals surface area (Å²) in [5, 5.41) is 1.52. The van der Waals surface area contributed by atoms with Crippen molar-refractivity contribution in [3.05, 3.63) is 115 Å². The van der Waals surface area contributed by atoms with Gasteiger partial charge in [0.15, 0.2) is 0 Å². The lowest BCUT2D eigenvalue weighted by Gasteiger charge is -2.15. The maximum atomic E-state index is 13.3. The Bertz CT molecular complexity index is 1500. The molecular formula is C29H17F6N. The van der Waals surface area contributed by atoms with E-state index in [0.717, 1.165) is 39.8 Å². The summed E-state index contributed by atoms with van der Waals surface area (Å²) in [7, 11) is 0. The number of nitrogens with zero attached hydrogens (tertiary/aromatic N) is 1. The molecule has 36 heavy (non-hydrogen) atoms. The van der Waals surface area contributed by atoms with Gasteiger partial charge in [0.25, 0.3) is 0 Å². The van der Waals surface area contributed by atoms with Crippen molar-refractivity contribution in [2.75, 3.05) is 0 Å². The van der Waals surface area contributed by atoms with Crippen molar-refractivity contribution >= 4 is 10.8 Å². The number of aromatic nitrogens is 1. The van der Waals surface area contributed by atoms with Crippen molar-refractivity contribution < 1.29 is 26.3 Å². The van der Waals surface area contributed by atoms with Crippen LogP contribution in [0.25, 0.3) is 44.2 Å². The third-order valence-corrected chi connectivity index (χ3v) is 5.97. The molecule has 0 aliphatic heterocycles. The molecule has 0 aliphatic carbocycles. The van der Waals surface area contributed by atoms with Crippen LogP contribution in [0.5, 0.6) is 0 Å². The molecule has 1 nitrogen and oxygen atoms in total. The Morgan fingerprint density at radius 2 is 0.944 bits per heavy atom. The number of pyridine rings is 1. The molecule has 5 aromatic rings. The molecule has 4 aromatic carbocycles. The highest BCUT2D eigenvalue weighted by atomic mass is 19.4. The molecule has 0 radical (unpaired) electrons. The van der Waals surface area contributed by atoms with Crippen LogP contribution in [0.1, 0.15) is 11.1 Å². The van der Waals surface area contributed by atoms with Crippen LogP contribution >= 0.6 is 0 Å². The van der Waals surface area contributed by atoms with Gasteiger partial charge in [0.05, 0.1) is 11.1 Å². The van der Waals surface area contributed by atoms with Crippen LogP contribution in [0.3, 0.4) is 0 Å². The van der Waals surface area contributed by atoms with Crippen molar-refractivity contribution in [3.63, 3.8) is 0 Å². The maximum absolute atomic E-state index is 13.3. The van der Waals surface area contributed by atoms with E-state index in [1.165, 1.54) is 6.07 Å². The van der Waals surface area contributed by atoms with Gasteiger partial charge in [-0.1, -0.05) is 54.6 Å². The summed E-state index contributed by atoms with van der Waals surface area (Å²) in [6.45, 7) is 0. The van der Waals surface area contributed by atoms with Crippen molar-refractivity contribution in [2.24, 2.45) is 0 Å². The van der Waals surface area contributed by atoms with Crippen LogP contribution in [0.4, 0.5) is 26.3 Å². The lowest BCUT2D eigenvalue weighted by atomic mass is 9.95. The number of benzene rings is 4. The second-order valence-corrected chi connectivity index (χ2v) is 8.39. The Kier molecular flexibility index (Phi) is 5.79. The Morgan fingerprint density at radius 3 is 1.44 bits per heavy atom. The minimum absolute atomic E-state index is 0.137. The molecule has 0 fully saturated rings. The first-order valence-corrected chi connectivity index (χ1v) is 10.9. The summed E-state index contributed by atoms with van der Waals surface area (Å²) in [6.07, 6.45) is -6.33. The summed E-state index contributed by atoms with van der Waals surface area (Å²) in [6, 6.07) is 23.8. The SMILES string of the molecule is FC(F)(F)c1cc(-c2ccc3ccc(-c4ccc(-c5cccnc5)cc4)cc3c2)cc(C(F)(F)F)c1. The summed E-state index contributed by atoms with van der Waals surface area (Å²) in [5.74, 6) is 0. The van der Waals surface area contributed by atoms with Crippen LogP contribution in [-0.2, 0) is 12.4 Å². The molecule has 0 saturated carbocycles. The number of halogens is 6. The third kappa shape index (κ3) is 4.82. The van der Waals surface area contributed by atoms with Crippen molar-refractivity contribution in [1.29, 1.82) is 0 Å². The summed E-state index contributed by atoms with van der Waals surface area (Å²) in [5.41, 5.74) is 1.22. The highest BCUT2D eigenvalue weighted by Gasteiger charge is 2.37. The number of fused-ring (bicyclic) bond motifs is 1. The second kappa shape index (κ2) is 8.82. The molecule has 0 unspecified atom stereocenters. The van der Waals surface area contributed by atoms with Crippen LogP contribution in [-0.4, -0.2) is 4.98 Å². The van der Waals surface area contributed by atoms with Gasteiger partial charge in [-0.15, -0.1) is 0 Å². The topological polar surface area (TPSA) is 12.9 Å². The molecule has 0 N–H and O–H groups in total. The van der Waals surface area contributed by atoms with Crippen molar-refractivity contribution in [1.82, 2.24) is 4.98 Å². The van der Waals surface area contributed by atoms with E-state index in [0.29, 0.717) is 5.39 Å². The zero-order chi connectivity index (χ0) is 25.5. The first-order valence-electron chi connectivity index (χ1n) is 10.9. The fourth-order valence-electron chi connectivity index (χ4n) is 4.12. The minimum Gasteiger partial charge on any atom is -0.264 e. The zero-order valence-electron chi connectivity index (χ0n) is 18.5. The average Bonchev–Trinajstić information content (AvgIpc) is 2.87. The Labute approximate surface area is 202 Å². The minimum atomic E-state index is -4.90. The fraction of sp³-hybridized carbons (Fsp3) is 0.0690. The first-order chi connectivity index (χ1) is 17.1. The van der Waals surface area contributed by atoms with Crippen LogP contribution in [0, 0.1) is 0 Å². The normalized spacial score (nSPS) is 12.2. The Balaban J connectivity index is 1.55. The predicted molar refractivity (Wildman–Crippen MR) is 128 cm³/mol. The summed E-state index contributed by atoms with van der Waals surface area (Å²) < 4.78 is 79.9. The predicted octanol–water partition coefficient (Wildman–Crippen LogP) is 9.27. The molecule has 0 saturated heterocycles. The van der Waals surface area contributed by atoms with E-state index in [9.17, 15) is 26.3 Å². The van der Waals surface area contributed by atoms with Gasteiger partial charge >= 0.3 is 12.4 Å². The quantitative estimate of drug-likeness (QED) is 0.228. The smallest absolute Gasteiger partial charge is 0.264 e. The number of hydrogen-bond acceptors (Lipinski definition) is 1. The number of rotatable bonds is 3.